The Bertz CT molecular complexity index is 184. The Morgan fingerprint density at radius 2 is 2.21 bits per heavy atom. The van der Waals surface area contributed by atoms with Crippen LogP contribution >= 0.6 is 0 Å². The Morgan fingerprint density at radius 3 is 2.79 bits per heavy atom. The highest BCUT2D eigenvalue weighted by molar-refractivity contribution is 4.86. The molecule has 80 valence electrons. The molecule has 1 aliphatic rings. The van der Waals surface area contributed by atoms with Crippen LogP contribution < -0.4 is 0 Å². The minimum atomic E-state index is 0.658. The topological polar surface area (TPSA) is 36.3 Å². The maximum atomic E-state index is 8.53. The Kier molecular flexibility index (Phi) is 5.58. The molecule has 1 saturated carbocycles. The Labute approximate surface area is 86.6 Å². The number of nitrogens with zero attached hydrogens (tertiary/aromatic N) is 2. The number of nitriles is 1. The van der Waals surface area contributed by atoms with Crippen LogP contribution in [0, 0.1) is 11.3 Å². The predicted octanol–water partition coefficient (Wildman–Crippen LogP) is 1.79. The lowest BCUT2D eigenvalue weighted by Crippen LogP contribution is -2.28. The van der Waals surface area contributed by atoms with Gasteiger partial charge in [0.2, 0.25) is 0 Å². The number of hydrogen-bond donors (Lipinski definition) is 0. The van der Waals surface area contributed by atoms with Gasteiger partial charge in [0.15, 0.2) is 0 Å². The molecular formula is C11H20N2O. The van der Waals surface area contributed by atoms with Crippen LogP contribution in [0.15, 0.2) is 0 Å². The lowest BCUT2D eigenvalue weighted by atomic mass is 10.3. The summed E-state index contributed by atoms with van der Waals surface area (Å²) in [5, 5.41) is 8.53. The van der Waals surface area contributed by atoms with Gasteiger partial charge in [0, 0.05) is 38.8 Å². The van der Waals surface area contributed by atoms with Crippen molar-refractivity contribution in [1.29, 1.82) is 5.26 Å². The van der Waals surface area contributed by atoms with Crippen LogP contribution in [0.3, 0.4) is 0 Å². The van der Waals surface area contributed by atoms with Gasteiger partial charge in [-0.1, -0.05) is 0 Å². The second-order valence-corrected chi connectivity index (χ2v) is 3.73. The highest BCUT2D eigenvalue weighted by Crippen LogP contribution is 2.26. The van der Waals surface area contributed by atoms with Crippen molar-refractivity contribution >= 4 is 0 Å². The van der Waals surface area contributed by atoms with Gasteiger partial charge in [-0.25, -0.2) is 0 Å². The number of rotatable bonds is 8. The number of ether oxygens (including phenoxy) is 1. The van der Waals surface area contributed by atoms with E-state index in [4.69, 9.17) is 10.00 Å². The molecule has 0 aliphatic heterocycles. The Balaban J connectivity index is 2.06. The van der Waals surface area contributed by atoms with Crippen LogP contribution in [0.2, 0.25) is 0 Å². The minimum Gasteiger partial charge on any atom is -0.382 e. The van der Waals surface area contributed by atoms with Crippen molar-refractivity contribution in [2.75, 3.05) is 26.3 Å². The van der Waals surface area contributed by atoms with Crippen LogP contribution in [-0.4, -0.2) is 37.2 Å². The molecule has 0 atom stereocenters. The van der Waals surface area contributed by atoms with Crippen LogP contribution in [0.25, 0.3) is 0 Å². The SMILES string of the molecule is CCOCCCN(CCC#N)C1CC1. The standard InChI is InChI=1S/C11H20N2O/c1-2-14-10-4-9-13(8-3-7-12)11-5-6-11/h11H,2-6,8-10H2,1H3. The molecule has 0 aromatic rings. The first-order valence-corrected chi connectivity index (χ1v) is 5.57. The smallest absolute Gasteiger partial charge is 0.0635 e. The van der Waals surface area contributed by atoms with E-state index in [1.807, 2.05) is 6.92 Å². The molecule has 0 aromatic carbocycles. The van der Waals surface area contributed by atoms with Crippen LogP contribution in [0.1, 0.15) is 32.6 Å². The van der Waals surface area contributed by atoms with Gasteiger partial charge in [-0.2, -0.15) is 5.26 Å². The fourth-order valence-corrected chi connectivity index (χ4v) is 1.62. The third-order valence-corrected chi connectivity index (χ3v) is 2.51. The van der Waals surface area contributed by atoms with Crippen molar-refractivity contribution in [3.63, 3.8) is 0 Å². The zero-order valence-corrected chi connectivity index (χ0v) is 9.04. The zero-order valence-electron chi connectivity index (χ0n) is 9.04. The maximum Gasteiger partial charge on any atom is 0.0635 e. The molecule has 0 spiro atoms. The van der Waals surface area contributed by atoms with Crippen LogP contribution in [0.4, 0.5) is 0 Å². The first-order chi connectivity index (χ1) is 6.88. The maximum absolute atomic E-state index is 8.53. The third-order valence-electron chi connectivity index (χ3n) is 2.51. The molecule has 14 heavy (non-hydrogen) atoms. The van der Waals surface area contributed by atoms with Crippen molar-refractivity contribution in [1.82, 2.24) is 4.90 Å². The summed E-state index contributed by atoms with van der Waals surface area (Å²) >= 11 is 0. The van der Waals surface area contributed by atoms with Gasteiger partial charge < -0.3 is 4.74 Å². The van der Waals surface area contributed by atoms with E-state index < -0.39 is 0 Å². The van der Waals surface area contributed by atoms with E-state index in [9.17, 15) is 0 Å². The van der Waals surface area contributed by atoms with Crippen molar-refractivity contribution < 1.29 is 4.74 Å². The molecule has 0 amide bonds. The van der Waals surface area contributed by atoms with Gasteiger partial charge in [0.05, 0.1) is 6.07 Å². The van der Waals surface area contributed by atoms with Crippen LogP contribution in [0.5, 0.6) is 0 Å². The fourth-order valence-electron chi connectivity index (χ4n) is 1.62. The molecule has 0 radical (unpaired) electrons. The number of hydrogen-bond acceptors (Lipinski definition) is 3. The molecule has 0 bridgehead atoms. The van der Waals surface area contributed by atoms with E-state index in [1.54, 1.807) is 0 Å². The Morgan fingerprint density at radius 1 is 1.43 bits per heavy atom. The normalized spacial score (nSPS) is 15.8. The van der Waals surface area contributed by atoms with Gasteiger partial charge in [0.25, 0.3) is 0 Å². The van der Waals surface area contributed by atoms with Gasteiger partial charge in [0.1, 0.15) is 0 Å². The van der Waals surface area contributed by atoms with Gasteiger partial charge in [-0.3, -0.25) is 4.90 Å². The predicted molar refractivity (Wildman–Crippen MR) is 55.9 cm³/mol. The summed E-state index contributed by atoms with van der Waals surface area (Å²) in [6.07, 6.45) is 4.39. The average Bonchev–Trinajstić information content (AvgIpc) is 3.00. The third kappa shape index (κ3) is 4.59. The molecule has 1 rings (SSSR count). The van der Waals surface area contributed by atoms with Gasteiger partial charge in [-0.15, -0.1) is 0 Å². The summed E-state index contributed by atoms with van der Waals surface area (Å²) < 4.78 is 5.30. The molecule has 0 aromatic heterocycles. The summed E-state index contributed by atoms with van der Waals surface area (Å²) in [6.45, 7) is 5.71. The average molecular weight is 196 g/mol. The molecule has 0 N–H and O–H groups in total. The Hall–Kier alpha value is -0.590. The quantitative estimate of drug-likeness (QED) is 0.555. The fraction of sp³-hybridized carbons (Fsp3) is 0.909. The molecule has 0 heterocycles. The largest absolute Gasteiger partial charge is 0.382 e. The molecular weight excluding hydrogens is 176 g/mol. The van der Waals surface area contributed by atoms with Crippen LogP contribution in [-0.2, 0) is 4.74 Å². The van der Waals surface area contributed by atoms with E-state index in [1.165, 1.54) is 12.8 Å². The van der Waals surface area contributed by atoms with Crippen molar-refractivity contribution in [2.24, 2.45) is 0 Å². The molecule has 1 aliphatic carbocycles. The summed E-state index contributed by atoms with van der Waals surface area (Å²) in [5.74, 6) is 0. The van der Waals surface area contributed by atoms with E-state index >= 15 is 0 Å². The monoisotopic (exact) mass is 196 g/mol. The first-order valence-electron chi connectivity index (χ1n) is 5.57. The highest BCUT2D eigenvalue weighted by Gasteiger charge is 2.27. The summed E-state index contributed by atoms with van der Waals surface area (Å²) in [5.41, 5.74) is 0. The first kappa shape index (κ1) is 11.5. The molecule has 3 nitrogen and oxygen atoms in total. The second-order valence-electron chi connectivity index (χ2n) is 3.73. The second kappa shape index (κ2) is 6.80. The molecule has 1 fully saturated rings. The summed E-state index contributed by atoms with van der Waals surface area (Å²) in [4.78, 5) is 2.43. The molecule has 0 unspecified atom stereocenters. The van der Waals surface area contributed by atoms with Crippen molar-refractivity contribution in [2.45, 2.75) is 38.6 Å². The van der Waals surface area contributed by atoms with E-state index in [0.29, 0.717) is 6.42 Å². The zero-order chi connectivity index (χ0) is 10.2. The summed E-state index contributed by atoms with van der Waals surface area (Å²) in [7, 11) is 0. The highest BCUT2D eigenvalue weighted by atomic mass is 16.5. The van der Waals surface area contributed by atoms with Crippen molar-refractivity contribution in [3.8, 4) is 6.07 Å². The summed E-state index contributed by atoms with van der Waals surface area (Å²) in [6, 6.07) is 2.98. The van der Waals surface area contributed by atoms with E-state index in [2.05, 4.69) is 11.0 Å². The molecule has 3 heteroatoms. The lowest BCUT2D eigenvalue weighted by molar-refractivity contribution is 0.130. The van der Waals surface area contributed by atoms with Gasteiger partial charge in [-0.05, 0) is 26.2 Å². The van der Waals surface area contributed by atoms with E-state index in [-0.39, 0.29) is 0 Å². The molecule has 0 saturated heterocycles. The van der Waals surface area contributed by atoms with Gasteiger partial charge >= 0.3 is 0 Å². The van der Waals surface area contributed by atoms with E-state index in [0.717, 1.165) is 38.8 Å². The minimum absolute atomic E-state index is 0.658. The van der Waals surface area contributed by atoms with Crippen molar-refractivity contribution in [3.05, 3.63) is 0 Å². The lowest BCUT2D eigenvalue weighted by Gasteiger charge is -2.20.